The molecule has 1 aliphatic heterocycles. The lowest BCUT2D eigenvalue weighted by atomic mass is 10.3. The van der Waals surface area contributed by atoms with E-state index >= 15 is 0 Å². The molecule has 1 aliphatic rings. The number of carbonyl (C=O) groups excluding carboxylic acids is 1. The van der Waals surface area contributed by atoms with Crippen molar-refractivity contribution in [1.29, 1.82) is 0 Å². The highest BCUT2D eigenvalue weighted by Crippen LogP contribution is 2.15. The fraction of sp³-hybridized carbons (Fsp3) is 0.375. The summed E-state index contributed by atoms with van der Waals surface area (Å²) in [6, 6.07) is 1.12. The summed E-state index contributed by atoms with van der Waals surface area (Å²) in [5.74, 6) is 0.280. The van der Waals surface area contributed by atoms with Gasteiger partial charge in [0.2, 0.25) is 5.91 Å². The lowest BCUT2D eigenvalue weighted by Gasteiger charge is -2.13. The molecule has 0 aromatic carbocycles. The number of anilines is 1. The van der Waals surface area contributed by atoms with Gasteiger partial charge in [0, 0.05) is 25.1 Å². The van der Waals surface area contributed by atoms with Crippen LogP contribution in [-0.4, -0.2) is 28.5 Å². The van der Waals surface area contributed by atoms with E-state index in [0.29, 0.717) is 18.8 Å². The zero-order valence-corrected chi connectivity index (χ0v) is 7.43. The third-order valence-electron chi connectivity index (χ3n) is 2.10. The number of aromatic amines is 1. The Morgan fingerprint density at radius 2 is 2.36 bits per heavy atom. The normalized spacial score (nSPS) is 21.6. The monoisotopic (exact) mass is 194 g/mol. The first kappa shape index (κ1) is 8.89. The van der Waals surface area contributed by atoms with Crippen molar-refractivity contribution in [3.63, 3.8) is 0 Å². The van der Waals surface area contributed by atoms with Gasteiger partial charge in [-0.1, -0.05) is 0 Å². The molecule has 0 radical (unpaired) electrons. The van der Waals surface area contributed by atoms with Gasteiger partial charge in [0.25, 0.3) is 5.56 Å². The fourth-order valence-electron chi connectivity index (χ4n) is 1.46. The molecule has 6 nitrogen and oxygen atoms in total. The van der Waals surface area contributed by atoms with Crippen molar-refractivity contribution < 1.29 is 4.79 Å². The van der Waals surface area contributed by atoms with E-state index in [1.807, 2.05) is 0 Å². The molecule has 1 fully saturated rings. The fourth-order valence-corrected chi connectivity index (χ4v) is 1.46. The average molecular weight is 194 g/mol. The van der Waals surface area contributed by atoms with Crippen molar-refractivity contribution in [2.75, 3.05) is 11.4 Å². The van der Waals surface area contributed by atoms with Crippen LogP contribution in [0, 0.1) is 0 Å². The van der Waals surface area contributed by atoms with Crippen molar-refractivity contribution in [2.45, 2.75) is 12.5 Å². The molecule has 0 saturated carbocycles. The molecule has 1 saturated heterocycles. The number of rotatable bonds is 1. The Morgan fingerprint density at radius 1 is 1.57 bits per heavy atom. The van der Waals surface area contributed by atoms with Gasteiger partial charge in [-0.25, -0.2) is 4.98 Å². The number of hydrogen-bond donors (Lipinski definition) is 2. The van der Waals surface area contributed by atoms with Crippen LogP contribution in [0.1, 0.15) is 6.42 Å². The van der Waals surface area contributed by atoms with E-state index in [4.69, 9.17) is 5.73 Å². The summed E-state index contributed by atoms with van der Waals surface area (Å²) in [6.45, 7) is 0.426. The van der Waals surface area contributed by atoms with Gasteiger partial charge in [-0.15, -0.1) is 0 Å². The van der Waals surface area contributed by atoms with E-state index < -0.39 is 0 Å². The standard InChI is InChI=1S/C8H10N4O2/c9-5-1-8(14)12(3-5)6-2-7(13)11-4-10-6/h2,4-5H,1,3,9H2,(H,10,11,13). The van der Waals surface area contributed by atoms with Crippen LogP contribution < -0.4 is 16.2 Å². The van der Waals surface area contributed by atoms with Crippen LogP contribution in [0.3, 0.4) is 0 Å². The van der Waals surface area contributed by atoms with Crippen LogP contribution in [-0.2, 0) is 4.79 Å². The summed E-state index contributed by atoms with van der Waals surface area (Å²) in [5.41, 5.74) is 5.34. The number of carbonyl (C=O) groups is 1. The van der Waals surface area contributed by atoms with Crippen molar-refractivity contribution >= 4 is 11.7 Å². The van der Waals surface area contributed by atoms with Gasteiger partial charge in [-0.05, 0) is 0 Å². The second-order valence-corrected chi connectivity index (χ2v) is 3.24. The predicted molar refractivity (Wildman–Crippen MR) is 49.8 cm³/mol. The van der Waals surface area contributed by atoms with Crippen LogP contribution in [0.5, 0.6) is 0 Å². The van der Waals surface area contributed by atoms with Crippen LogP contribution in [0.25, 0.3) is 0 Å². The highest BCUT2D eigenvalue weighted by atomic mass is 16.2. The molecule has 1 aromatic heterocycles. The Bertz CT molecular complexity index is 414. The highest BCUT2D eigenvalue weighted by Gasteiger charge is 2.28. The summed E-state index contributed by atoms with van der Waals surface area (Å²) < 4.78 is 0. The number of H-pyrrole nitrogens is 1. The average Bonchev–Trinajstić information content (AvgIpc) is 2.45. The molecule has 14 heavy (non-hydrogen) atoms. The van der Waals surface area contributed by atoms with E-state index in [0.717, 1.165) is 0 Å². The molecular weight excluding hydrogens is 184 g/mol. The molecule has 3 N–H and O–H groups in total. The largest absolute Gasteiger partial charge is 0.326 e. The van der Waals surface area contributed by atoms with E-state index in [1.165, 1.54) is 17.3 Å². The molecule has 74 valence electrons. The first-order chi connectivity index (χ1) is 6.66. The minimum Gasteiger partial charge on any atom is -0.326 e. The van der Waals surface area contributed by atoms with Gasteiger partial charge >= 0.3 is 0 Å². The molecule has 2 rings (SSSR count). The zero-order chi connectivity index (χ0) is 10.1. The zero-order valence-electron chi connectivity index (χ0n) is 7.43. The molecule has 0 bridgehead atoms. The predicted octanol–water partition coefficient (Wildman–Crippen LogP) is -1.17. The van der Waals surface area contributed by atoms with Crippen LogP contribution >= 0.6 is 0 Å². The molecule has 2 heterocycles. The van der Waals surface area contributed by atoms with Crippen molar-refractivity contribution in [1.82, 2.24) is 9.97 Å². The first-order valence-electron chi connectivity index (χ1n) is 4.27. The number of aromatic nitrogens is 2. The highest BCUT2D eigenvalue weighted by molar-refractivity contribution is 5.95. The third-order valence-corrected chi connectivity index (χ3v) is 2.10. The van der Waals surface area contributed by atoms with Crippen LogP contribution in [0.15, 0.2) is 17.2 Å². The molecule has 1 amide bonds. The summed E-state index contributed by atoms with van der Waals surface area (Å²) in [4.78, 5) is 30.1. The number of nitrogens with zero attached hydrogens (tertiary/aromatic N) is 2. The molecule has 1 unspecified atom stereocenters. The number of amides is 1. The Hall–Kier alpha value is -1.69. The number of nitrogens with one attached hydrogen (secondary N) is 1. The number of hydrogen-bond acceptors (Lipinski definition) is 4. The maximum absolute atomic E-state index is 11.4. The minimum atomic E-state index is -0.275. The number of nitrogens with two attached hydrogens (primary N) is 1. The SMILES string of the molecule is NC1CC(=O)N(c2cc(=O)[nH]cn2)C1. The summed E-state index contributed by atoms with van der Waals surface area (Å²) >= 11 is 0. The van der Waals surface area contributed by atoms with Gasteiger partial charge < -0.3 is 10.7 Å². The molecule has 0 aliphatic carbocycles. The van der Waals surface area contributed by atoms with E-state index in [9.17, 15) is 9.59 Å². The van der Waals surface area contributed by atoms with Crippen LogP contribution in [0.2, 0.25) is 0 Å². The topological polar surface area (TPSA) is 92.1 Å². The Kier molecular flexibility index (Phi) is 2.05. The van der Waals surface area contributed by atoms with Crippen molar-refractivity contribution in [3.05, 3.63) is 22.7 Å². The summed E-state index contributed by atoms with van der Waals surface area (Å²) in [5, 5.41) is 0. The lowest BCUT2D eigenvalue weighted by Crippen LogP contribution is -2.29. The van der Waals surface area contributed by atoms with Gasteiger partial charge in [0.05, 0.1) is 6.33 Å². The van der Waals surface area contributed by atoms with Gasteiger partial charge in [-0.3, -0.25) is 14.5 Å². The Balaban J connectivity index is 2.32. The summed E-state index contributed by atoms with van der Waals surface area (Å²) in [6.07, 6.45) is 1.59. The molecule has 6 heteroatoms. The second-order valence-electron chi connectivity index (χ2n) is 3.24. The smallest absolute Gasteiger partial charge is 0.252 e. The van der Waals surface area contributed by atoms with Gasteiger partial charge in [0.15, 0.2) is 0 Å². The molecule has 0 spiro atoms. The first-order valence-corrected chi connectivity index (χ1v) is 4.27. The van der Waals surface area contributed by atoms with Crippen molar-refractivity contribution in [2.24, 2.45) is 5.73 Å². The Morgan fingerprint density at radius 3 is 2.93 bits per heavy atom. The molecule has 1 aromatic rings. The quantitative estimate of drug-likeness (QED) is 0.589. The van der Waals surface area contributed by atoms with Crippen molar-refractivity contribution in [3.8, 4) is 0 Å². The van der Waals surface area contributed by atoms with Crippen LogP contribution in [0.4, 0.5) is 5.82 Å². The van der Waals surface area contributed by atoms with E-state index in [2.05, 4.69) is 9.97 Å². The summed E-state index contributed by atoms with van der Waals surface area (Å²) in [7, 11) is 0. The van der Waals surface area contributed by atoms with Gasteiger partial charge in [-0.2, -0.15) is 0 Å². The Labute approximate surface area is 79.7 Å². The maximum Gasteiger partial charge on any atom is 0.252 e. The maximum atomic E-state index is 11.4. The van der Waals surface area contributed by atoms with Gasteiger partial charge in [0.1, 0.15) is 5.82 Å². The van der Waals surface area contributed by atoms with E-state index in [1.54, 1.807) is 0 Å². The third kappa shape index (κ3) is 1.51. The second kappa shape index (κ2) is 3.22. The lowest BCUT2D eigenvalue weighted by molar-refractivity contribution is -0.117. The molecular formula is C8H10N4O2. The molecule has 1 atom stereocenters. The van der Waals surface area contributed by atoms with E-state index in [-0.39, 0.29) is 17.5 Å². The minimum absolute atomic E-state index is 0.0874.